The summed E-state index contributed by atoms with van der Waals surface area (Å²) in [4.78, 5) is 25.5. The molecule has 0 radical (unpaired) electrons. The number of ether oxygens (including phenoxy) is 1. The Morgan fingerprint density at radius 2 is 1.67 bits per heavy atom. The average molecular weight is 380 g/mol. The highest BCUT2D eigenvalue weighted by Gasteiger charge is 2.33. The van der Waals surface area contributed by atoms with E-state index in [1.807, 2.05) is 0 Å². The molecule has 0 aliphatic heterocycles. The summed E-state index contributed by atoms with van der Waals surface area (Å²) < 4.78 is 44.3. The van der Waals surface area contributed by atoms with Crippen molar-refractivity contribution in [1.82, 2.24) is 4.90 Å². The Bertz CT molecular complexity index is 779. The summed E-state index contributed by atoms with van der Waals surface area (Å²) >= 11 is 0. The van der Waals surface area contributed by atoms with Gasteiger partial charge in [-0.3, -0.25) is 9.59 Å². The molecule has 144 valence electrons. The van der Waals surface area contributed by atoms with Gasteiger partial charge in [-0.05, 0) is 31.2 Å². The lowest BCUT2D eigenvalue weighted by molar-refractivity contribution is -0.137. The van der Waals surface area contributed by atoms with Gasteiger partial charge in [0.2, 0.25) is 5.91 Å². The lowest BCUT2D eigenvalue weighted by atomic mass is 10.1. The Morgan fingerprint density at radius 1 is 1.04 bits per heavy atom. The summed E-state index contributed by atoms with van der Waals surface area (Å²) in [6.45, 7) is 1.23. The van der Waals surface area contributed by atoms with E-state index in [9.17, 15) is 22.8 Å². The lowest BCUT2D eigenvalue weighted by Gasteiger charge is -2.21. The number of carbonyl (C=O) groups is 2. The predicted octanol–water partition coefficient (Wildman–Crippen LogP) is 3.57. The van der Waals surface area contributed by atoms with E-state index in [0.717, 1.165) is 12.1 Å². The van der Waals surface area contributed by atoms with E-state index < -0.39 is 23.6 Å². The quantitative estimate of drug-likeness (QED) is 0.799. The van der Waals surface area contributed by atoms with Gasteiger partial charge in [0.25, 0.3) is 5.91 Å². The fourth-order valence-electron chi connectivity index (χ4n) is 2.33. The predicted molar refractivity (Wildman–Crippen MR) is 94.3 cm³/mol. The molecule has 0 atom stereocenters. The molecule has 0 aromatic heterocycles. The molecule has 2 aromatic carbocycles. The average Bonchev–Trinajstić information content (AvgIpc) is 2.64. The zero-order chi connectivity index (χ0) is 19.9. The Balaban J connectivity index is 1.96. The van der Waals surface area contributed by atoms with Crippen LogP contribution >= 0.6 is 0 Å². The number of alkyl halides is 3. The zero-order valence-electron chi connectivity index (χ0n) is 14.6. The third-order valence-corrected chi connectivity index (χ3v) is 3.68. The van der Waals surface area contributed by atoms with Crippen molar-refractivity contribution < 1.29 is 27.5 Å². The first-order valence-corrected chi connectivity index (χ1v) is 8.23. The van der Waals surface area contributed by atoms with Crippen LogP contribution < -0.4 is 10.1 Å². The van der Waals surface area contributed by atoms with Crippen molar-refractivity contribution in [2.75, 3.05) is 25.0 Å². The molecular weight excluding hydrogens is 361 g/mol. The molecule has 2 amide bonds. The molecule has 1 N–H and O–H groups in total. The first-order chi connectivity index (χ1) is 12.8. The summed E-state index contributed by atoms with van der Waals surface area (Å²) in [7, 11) is 0. The summed E-state index contributed by atoms with van der Waals surface area (Å²) in [5.41, 5.74) is -1.29. The normalized spacial score (nSPS) is 11.0. The van der Waals surface area contributed by atoms with Gasteiger partial charge in [-0.2, -0.15) is 13.2 Å². The van der Waals surface area contributed by atoms with E-state index in [1.165, 1.54) is 17.0 Å². The van der Waals surface area contributed by atoms with Crippen LogP contribution in [0.2, 0.25) is 0 Å². The molecular formula is C19H19F3N2O3. The molecule has 0 fully saturated rings. The second kappa shape index (κ2) is 9.07. The molecule has 0 bridgehead atoms. The van der Waals surface area contributed by atoms with Gasteiger partial charge in [0, 0.05) is 6.54 Å². The van der Waals surface area contributed by atoms with E-state index in [1.54, 1.807) is 37.3 Å². The van der Waals surface area contributed by atoms with Crippen molar-refractivity contribution >= 4 is 17.5 Å². The first kappa shape index (κ1) is 20.3. The molecule has 27 heavy (non-hydrogen) atoms. The largest absolute Gasteiger partial charge is 0.484 e. The highest BCUT2D eigenvalue weighted by Crippen LogP contribution is 2.34. The number of nitrogens with one attached hydrogen (secondary N) is 1. The van der Waals surface area contributed by atoms with Crippen LogP contribution in [0.1, 0.15) is 12.5 Å². The maximum Gasteiger partial charge on any atom is 0.418 e. The molecule has 0 saturated heterocycles. The Kier molecular flexibility index (Phi) is 6.81. The van der Waals surface area contributed by atoms with Gasteiger partial charge >= 0.3 is 6.18 Å². The number of likely N-dealkylation sites (N-methyl/N-ethyl adjacent to an activating group) is 1. The minimum absolute atomic E-state index is 0.214. The Morgan fingerprint density at radius 3 is 2.30 bits per heavy atom. The third-order valence-electron chi connectivity index (χ3n) is 3.68. The minimum Gasteiger partial charge on any atom is -0.484 e. The summed E-state index contributed by atoms with van der Waals surface area (Å²) in [6.07, 6.45) is -4.59. The van der Waals surface area contributed by atoms with Crippen LogP contribution in [0.4, 0.5) is 18.9 Å². The standard InChI is InChI=1S/C19H19F3N2O3/c1-2-24(18(26)13-27-14-8-4-3-5-9-14)12-17(25)23-16-11-7-6-10-15(16)19(20,21)22/h3-11H,2,12-13H2,1H3,(H,23,25). The molecule has 0 spiro atoms. The van der Waals surface area contributed by atoms with Crippen molar-refractivity contribution in [1.29, 1.82) is 0 Å². The molecule has 0 aliphatic carbocycles. The molecule has 0 saturated carbocycles. The molecule has 0 unspecified atom stereocenters. The van der Waals surface area contributed by atoms with Crippen LogP contribution in [0.5, 0.6) is 5.75 Å². The fraction of sp³-hybridized carbons (Fsp3) is 0.263. The number of amides is 2. The zero-order valence-corrected chi connectivity index (χ0v) is 14.6. The van der Waals surface area contributed by atoms with E-state index in [0.29, 0.717) is 5.75 Å². The van der Waals surface area contributed by atoms with Crippen LogP contribution in [0, 0.1) is 0 Å². The number of anilines is 1. The van der Waals surface area contributed by atoms with Gasteiger partial charge in [-0.15, -0.1) is 0 Å². The smallest absolute Gasteiger partial charge is 0.418 e. The number of nitrogens with zero attached hydrogens (tertiary/aromatic N) is 1. The first-order valence-electron chi connectivity index (χ1n) is 8.23. The maximum atomic E-state index is 13.0. The molecule has 8 heteroatoms. The summed E-state index contributed by atoms with van der Waals surface area (Å²) in [5, 5.41) is 2.22. The second-order valence-electron chi connectivity index (χ2n) is 5.60. The van der Waals surface area contributed by atoms with E-state index in [2.05, 4.69) is 5.32 Å². The van der Waals surface area contributed by atoms with Gasteiger partial charge in [0.15, 0.2) is 6.61 Å². The van der Waals surface area contributed by atoms with Crippen LogP contribution in [0.3, 0.4) is 0 Å². The molecule has 0 heterocycles. The second-order valence-corrected chi connectivity index (χ2v) is 5.60. The number of para-hydroxylation sites is 2. The maximum absolute atomic E-state index is 13.0. The molecule has 5 nitrogen and oxygen atoms in total. The van der Waals surface area contributed by atoms with Crippen LogP contribution in [-0.4, -0.2) is 36.4 Å². The van der Waals surface area contributed by atoms with E-state index in [4.69, 9.17) is 4.74 Å². The minimum atomic E-state index is -4.59. The van der Waals surface area contributed by atoms with Crippen molar-refractivity contribution in [3.63, 3.8) is 0 Å². The van der Waals surface area contributed by atoms with E-state index >= 15 is 0 Å². The van der Waals surface area contributed by atoms with Crippen molar-refractivity contribution in [3.05, 3.63) is 60.2 Å². The van der Waals surface area contributed by atoms with Crippen LogP contribution in [-0.2, 0) is 15.8 Å². The van der Waals surface area contributed by atoms with Crippen molar-refractivity contribution in [2.24, 2.45) is 0 Å². The number of hydrogen-bond acceptors (Lipinski definition) is 3. The third kappa shape index (κ3) is 6.02. The van der Waals surface area contributed by atoms with Gasteiger partial charge in [0.1, 0.15) is 5.75 Å². The van der Waals surface area contributed by atoms with Crippen LogP contribution in [0.15, 0.2) is 54.6 Å². The van der Waals surface area contributed by atoms with Gasteiger partial charge < -0.3 is 15.0 Å². The summed E-state index contributed by atoms with van der Waals surface area (Å²) in [5.74, 6) is -0.660. The summed E-state index contributed by atoms with van der Waals surface area (Å²) in [6, 6.07) is 13.3. The fourth-order valence-corrected chi connectivity index (χ4v) is 2.33. The lowest BCUT2D eigenvalue weighted by Crippen LogP contribution is -2.40. The highest BCUT2D eigenvalue weighted by molar-refractivity contribution is 5.95. The molecule has 0 aliphatic rings. The topological polar surface area (TPSA) is 58.6 Å². The SMILES string of the molecule is CCN(CC(=O)Nc1ccccc1C(F)(F)F)C(=O)COc1ccccc1. The van der Waals surface area contributed by atoms with Gasteiger partial charge in [-0.1, -0.05) is 30.3 Å². The number of rotatable bonds is 7. The monoisotopic (exact) mass is 380 g/mol. The number of halogens is 3. The Hall–Kier alpha value is -3.03. The van der Waals surface area contributed by atoms with Crippen molar-refractivity contribution in [2.45, 2.75) is 13.1 Å². The van der Waals surface area contributed by atoms with Gasteiger partial charge in [0.05, 0.1) is 17.8 Å². The van der Waals surface area contributed by atoms with Crippen molar-refractivity contribution in [3.8, 4) is 5.75 Å². The highest BCUT2D eigenvalue weighted by atomic mass is 19.4. The molecule has 2 rings (SSSR count). The number of benzene rings is 2. The number of hydrogen-bond donors (Lipinski definition) is 1. The Labute approximate surface area is 154 Å². The molecule has 2 aromatic rings. The van der Waals surface area contributed by atoms with Crippen LogP contribution in [0.25, 0.3) is 0 Å². The van der Waals surface area contributed by atoms with Gasteiger partial charge in [-0.25, -0.2) is 0 Å². The number of carbonyl (C=O) groups excluding carboxylic acids is 2. The van der Waals surface area contributed by atoms with E-state index in [-0.39, 0.29) is 25.4 Å².